The Balaban J connectivity index is 1.52. The van der Waals surface area contributed by atoms with Crippen molar-refractivity contribution in [2.75, 3.05) is 24.6 Å². The topological polar surface area (TPSA) is 121 Å². The molecule has 0 saturated carbocycles. The minimum atomic E-state index is -0.627. The van der Waals surface area contributed by atoms with Crippen molar-refractivity contribution in [3.05, 3.63) is 94.7 Å². The summed E-state index contributed by atoms with van der Waals surface area (Å²) in [7, 11) is 0. The number of H-pyrrole nitrogens is 1. The largest absolute Gasteiger partial charge is 0.490 e. The molecule has 5 N–H and O–H groups in total. The quantitative estimate of drug-likeness (QED) is 0.251. The summed E-state index contributed by atoms with van der Waals surface area (Å²) in [6.45, 7) is 4.85. The first-order valence-corrected chi connectivity index (χ1v) is 13.3. The van der Waals surface area contributed by atoms with Crippen molar-refractivity contribution in [3.63, 3.8) is 0 Å². The van der Waals surface area contributed by atoms with Gasteiger partial charge >= 0.3 is 6.03 Å². The van der Waals surface area contributed by atoms with Gasteiger partial charge in [0.1, 0.15) is 5.75 Å². The Morgan fingerprint density at radius 1 is 1.10 bits per heavy atom. The van der Waals surface area contributed by atoms with Gasteiger partial charge in [-0.2, -0.15) is 0 Å². The summed E-state index contributed by atoms with van der Waals surface area (Å²) >= 11 is 0. The van der Waals surface area contributed by atoms with Crippen molar-refractivity contribution in [1.29, 1.82) is 0 Å². The molecule has 1 fully saturated rings. The van der Waals surface area contributed by atoms with Crippen LogP contribution in [-0.2, 0) is 6.42 Å². The maximum atomic E-state index is 12.6. The number of fused-ring (bicyclic) bond motifs is 1. The van der Waals surface area contributed by atoms with E-state index in [2.05, 4.69) is 22.1 Å². The number of aromatic amines is 1. The summed E-state index contributed by atoms with van der Waals surface area (Å²) in [5.41, 5.74) is 10.9. The Morgan fingerprint density at radius 2 is 1.85 bits per heavy atom. The van der Waals surface area contributed by atoms with Gasteiger partial charge in [0.2, 0.25) is 0 Å². The number of primary amides is 1. The lowest BCUT2D eigenvalue weighted by Gasteiger charge is -2.23. The van der Waals surface area contributed by atoms with Crippen molar-refractivity contribution in [2.45, 2.75) is 32.3 Å². The fraction of sp³-hybridized carbons (Fsp3) is 0.250. The van der Waals surface area contributed by atoms with E-state index in [1.807, 2.05) is 74.6 Å². The number of urea groups is 1. The molecular formula is C32H32N4O4. The Hall–Kier alpha value is -4.74. The molecule has 8 nitrogen and oxygen atoms in total. The van der Waals surface area contributed by atoms with Crippen LogP contribution in [0.15, 0.2) is 66.9 Å². The first-order chi connectivity index (χ1) is 19.3. The van der Waals surface area contributed by atoms with Gasteiger partial charge in [0.15, 0.2) is 0 Å². The molecule has 2 heterocycles. The maximum absolute atomic E-state index is 12.6. The summed E-state index contributed by atoms with van der Waals surface area (Å²) in [6.07, 6.45) is 2.26. The van der Waals surface area contributed by atoms with Gasteiger partial charge in [-0.3, -0.25) is 9.69 Å². The predicted molar refractivity (Wildman–Crippen MR) is 156 cm³/mol. The van der Waals surface area contributed by atoms with Gasteiger partial charge in [-0.05, 0) is 68.3 Å². The average Bonchev–Trinajstić information content (AvgIpc) is 3.57. The van der Waals surface area contributed by atoms with E-state index in [0.717, 1.165) is 27.7 Å². The number of anilines is 1. The molecule has 5 rings (SSSR count). The minimum Gasteiger partial charge on any atom is -0.490 e. The number of ether oxygens (including phenoxy) is 1. The second kappa shape index (κ2) is 11.6. The molecule has 1 atom stereocenters. The zero-order valence-corrected chi connectivity index (χ0v) is 22.5. The second-order valence-electron chi connectivity index (χ2n) is 10.1. The van der Waals surface area contributed by atoms with Crippen LogP contribution in [0.5, 0.6) is 5.75 Å². The number of nitrogens with zero attached hydrogens (tertiary/aromatic N) is 1. The van der Waals surface area contributed by atoms with E-state index < -0.39 is 5.91 Å². The van der Waals surface area contributed by atoms with Gasteiger partial charge in [-0.1, -0.05) is 30.0 Å². The third kappa shape index (κ3) is 5.65. The SMILES string of the molecule is CC(C)Oc1c(C(N)=O)cc(C#Cc2ccc(N3CCNC3=O)cc2)cc1[C@H](CO)Cc1c[nH]c2ccccc12. The van der Waals surface area contributed by atoms with Gasteiger partial charge in [0.05, 0.1) is 18.3 Å². The number of rotatable bonds is 8. The molecular weight excluding hydrogens is 504 g/mol. The lowest BCUT2D eigenvalue weighted by molar-refractivity contribution is 0.0993. The van der Waals surface area contributed by atoms with E-state index in [4.69, 9.17) is 10.5 Å². The van der Waals surface area contributed by atoms with Crippen LogP contribution < -0.4 is 20.7 Å². The first-order valence-electron chi connectivity index (χ1n) is 13.3. The fourth-order valence-electron chi connectivity index (χ4n) is 5.00. The Bertz CT molecular complexity index is 1610. The smallest absolute Gasteiger partial charge is 0.321 e. The standard InChI is InChI=1S/C32H32N4O4/c1-20(2)40-30-27(24(19-37)17-23-18-35-29-6-4-3-5-26(23)29)15-22(16-28(30)31(33)38)8-7-21-9-11-25(12-10-21)36-14-13-34-32(36)39/h3-6,9-12,15-16,18,20,24,35,37H,13-14,17,19H2,1-2H3,(H2,33,38)(H,34,39)/t24-/m0/s1. The Kier molecular flexibility index (Phi) is 7.76. The van der Waals surface area contributed by atoms with Crippen molar-refractivity contribution in [2.24, 2.45) is 5.73 Å². The zero-order valence-electron chi connectivity index (χ0n) is 22.5. The molecule has 3 amide bonds. The molecule has 1 aromatic heterocycles. The van der Waals surface area contributed by atoms with Crippen LogP contribution >= 0.6 is 0 Å². The number of carbonyl (C=O) groups is 2. The number of aliphatic hydroxyl groups excluding tert-OH is 1. The van der Waals surface area contributed by atoms with Crippen LogP contribution in [0.2, 0.25) is 0 Å². The summed E-state index contributed by atoms with van der Waals surface area (Å²) < 4.78 is 6.11. The molecule has 0 radical (unpaired) electrons. The lowest BCUT2D eigenvalue weighted by Crippen LogP contribution is -2.27. The number of hydrogen-bond acceptors (Lipinski definition) is 4. The van der Waals surface area contributed by atoms with E-state index in [-0.39, 0.29) is 30.2 Å². The highest BCUT2D eigenvalue weighted by Crippen LogP contribution is 2.36. The number of aromatic nitrogens is 1. The molecule has 0 spiro atoms. The normalized spacial score (nSPS) is 13.7. The number of amides is 3. The molecule has 1 saturated heterocycles. The van der Waals surface area contributed by atoms with Crippen LogP contribution in [0.25, 0.3) is 10.9 Å². The highest BCUT2D eigenvalue weighted by molar-refractivity contribution is 5.97. The number of nitrogens with one attached hydrogen (secondary N) is 2. The highest BCUT2D eigenvalue weighted by Gasteiger charge is 2.24. The van der Waals surface area contributed by atoms with Crippen LogP contribution in [0.4, 0.5) is 10.5 Å². The van der Waals surface area contributed by atoms with Gasteiger partial charge in [-0.25, -0.2) is 4.79 Å². The fourth-order valence-corrected chi connectivity index (χ4v) is 5.00. The summed E-state index contributed by atoms with van der Waals surface area (Å²) in [5, 5.41) is 14.4. The lowest BCUT2D eigenvalue weighted by atomic mass is 9.88. The second-order valence-corrected chi connectivity index (χ2v) is 10.1. The van der Waals surface area contributed by atoms with Gasteiger partial charge in [0, 0.05) is 58.5 Å². The third-order valence-corrected chi connectivity index (χ3v) is 6.93. The van der Waals surface area contributed by atoms with Crippen molar-refractivity contribution in [1.82, 2.24) is 10.3 Å². The molecule has 0 unspecified atom stereocenters. The third-order valence-electron chi connectivity index (χ3n) is 6.93. The molecule has 40 heavy (non-hydrogen) atoms. The van der Waals surface area contributed by atoms with Gasteiger partial charge in [0.25, 0.3) is 5.91 Å². The van der Waals surface area contributed by atoms with Crippen molar-refractivity contribution < 1.29 is 19.4 Å². The Morgan fingerprint density at radius 3 is 2.52 bits per heavy atom. The van der Waals surface area contributed by atoms with E-state index in [9.17, 15) is 14.7 Å². The Labute approximate surface area is 233 Å². The predicted octanol–water partition coefficient (Wildman–Crippen LogP) is 4.30. The molecule has 8 heteroatoms. The number of nitrogens with two attached hydrogens (primary N) is 1. The van der Waals surface area contributed by atoms with E-state index >= 15 is 0 Å². The molecule has 1 aliphatic rings. The summed E-state index contributed by atoms with van der Waals surface area (Å²) in [6, 6.07) is 18.8. The van der Waals surface area contributed by atoms with Crippen molar-refractivity contribution >= 4 is 28.5 Å². The molecule has 4 aromatic rings. The summed E-state index contributed by atoms with van der Waals surface area (Å²) in [4.78, 5) is 29.5. The molecule has 204 valence electrons. The number of aliphatic hydroxyl groups is 1. The first kappa shape index (κ1) is 26.9. The number of para-hydroxylation sites is 1. The number of hydrogen-bond donors (Lipinski definition) is 4. The maximum Gasteiger partial charge on any atom is 0.321 e. The minimum absolute atomic E-state index is 0.111. The highest BCUT2D eigenvalue weighted by atomic mass is 16.5. The van der Waals surface area contributed by atoms with E-state index in [0.29, 0.717) is 36.4 Å². The zero-order chi connectivity index (χ0) is 28.2. The monoisotopic (exact) mass is 536 g/mol. The van der Waals surface area contributed by atoms with Crippen LogP contribution in [-0.4, -0.2) is 47.8 Å². The molecule has 1 aliphatic heterocycles. The van der Waals surface area contributed by atoms with Crippen molar-refractivity contribution in [3.8, 4) is 17.6 Å². The average molecular weight is 537 g/mol. The molecule has 3 aromatic carbocycles. The van der Waals surface area contributed by atoms with E-state index in [1.54, 1.807) is 11.0 Å². The van der Waals surface area contributed by atoms with E-state index in [1.165, 1.54) is 0 Å². The molecule has 0 bridgehead atoms. The van der Waals surface area contributed by atoms with Crippen LogP contribution in [0.1, 0.15) is 52.4 Å². The van der Waals surface area contributed by atoms with Crippen LogP contribution in [0, 0.1) is 11.8 Å². The number of benzene rings is 3. The molecule has 0 aliphatic carbocycles. The van der Waals surface area contributed by atoms with Crippen LogP contribution in [0.3, 0.4) is 0 Å². The van der Waals surface area contributed by atoms with Gasteiger partial charge < -0.3 is 25.9 Å². The number of carbonyl (C=O) groups excluding carboxylic acids is 2. The summed E-state index contributed by atoms with van der Waals surface area (Å²) in [5.74, 6) is 5.67. The van der Waals surface area contributed by atoms with Gasteiger partial charge in [-0.15, -0.1) is 0 Å².